The van der Waals surface area contributed by atoms with Crippen molar-refractivity contribution in [3.8, 4) is 0 Å². The topological polar surface area (TPSA) is 93.1 Å². The van der Waals surface area contributed by atoms with Gasteiger partial charge in [0.2, 0.25) is 5.95 Å². The molecule has 8 heteroatoms. The van der Waals surface area contributed by atoms with Crippen molar-refractivity contribution in [1.29, 1.82) is 0 Å². The van der Waals surface area contributed by atoms with Gasteiger partial charge in [0.25, 0.3) is 5.91 Å². The summed E-state index contributed by atoms with van der Waals surface area (Å²) < 4.78 is 5.47. The molecule has 1 amide bonds. The third-order valence-corrected chi connectivity index (χ3v) is 5.57. The van der Waals surface area contributed by atoms with E-state index in [0.717, 1.165) is 51.3 Å². The Morgan fingerprint density at radius 2 is 2.00 bits per heavy atom. The van der Waals surface area contributed by atoms with Crippen LogP contribution in [0.15, 0.2) is 31.0 Å². The van der Waals surface area contributed by atoms with Crippen molar-refractivity contribution in [3.63, 3.8) is 0 Å². The number of aromatic nitrogens is 4. The van der Waals surface area contributed by atoms with Gasteiger partial charge in [0.05, 0.1) is 17.3 Å². The first-order valence-corrected chi connectivity index (χ1v) is 9.37. The molecule has 4 rings (SSSR count). The molecule has 1 spiro atoms. The summed E-state index contributed by atoms with van der Waals surface area (Å²) in [6.45, 7) is 5.18. The molecule has 2 aromatic heterocycles. The van der Waals surface area contributed by atoms with Gasteiger partial charge in [-0.2, -0.15) is 0 Å². The maximum atomic E-state index is 12.8. The van der Waals surface area contributed by atoms with Gasteiger partial charge in [-0.25, -0.2) is 19.9 Å². The standard InChI is InChI=1S/C19H24N6O2/c1-14(16-2-6-20-13-23-16)24-18-21-10-15(11-22-18)17(26)25-7-3-19(12-25)4-8-27-9-5-19/h2,6,10-11,13-14H,3-5,7-9,12H2,1H3,(H,21,22,24)/t14-/m0/s1. The number of amides is 1. The molecule has 0 radical (unpaired) electrons. The first-order chi connectivity index (χ1) is 13.2. The van der Waals surface area contributed by atoms with E-state index in [-0.39, 0.29) is 17.4 Å². The van der Waals surface area contributed by atoms with Gasteiger partial charge in [-0.3, -0.25) is 4.79 Å². The van der Waals surface area contributed by atoms with Crippen molar-refractivity contribution in [2.75, 3.05) is 31.6 Å². The molecule has 2 aliphatic heterocycles. The molecule has 2 saturated heterocycles. The normalized spacial score (nSPS) is 19.8. The number of ether oxygens (including phenoxy) is 1. The molecule has 2 aliphatic rings. The fourth-order valence-electron chi connectivity index (χ4n) is 3.84. The molecule has 0 saturated carbocycles. The molecular weight excluding hydrogens is 344 g/mol. The van der Waals surface area contributed by atoms with Crippen molar-refractivity contribution in [2.45, 2.75) is 32.2 Å². The number of likely N-dealkylation sites (tertiary alicyclic amines) is 1. The number of hydrogen-bond acceptors (Lipinski definition) is 7. The van der Waals surface area contributed by atoms with Gasteiger partial charge < -0.3 is 15.0 Å². The van der Waals surface area contributed by atoms with E-state index < -0.39 is 0 Å². The smallest absolute Gasteiger partial charge is 0.257 e. The van der Waals surface area contributed by atoms with Crippen LogP contribution < -0.4 is 5.32 Å². The van der Waals surface area contributed by atoms with Gasteiger partial charge in [0.1, 0.15) is 6.33 Å². The van der Waals surface area contributed by atoms with Crippen LogP contribution in [0, 0.1) is 5.41 Å². The van der Waals surface area contributed by atoms with E-state index in [0.29, 0.717) is 11.5 Å². The van der Waals surface area contributed by atoms with Crippen LogP contribution in [0.3, 0.4) is 0 Å². The Morgan fingerprint density at radius 1 is 1.22 bits per heavy atom. The average Bonchev–Trinajstić information content (AvgIpc) is 3.12. The highest BCUT2D eigenvalue weighted by Crippen LogP contribution is 2.40. The summed E-state index contributed by atoms with van der Waals surface area (Å²) in [5.74, 6) is 0.480. The summed E-state index contributed by atoms with van der Waals surface area (Å²) in [5, 5.41) is 3.19. The molecular formula is C19H24N6O2. The van der Waals surface area contributed by atoms with Gasteiger partial charge in [0, 0.05) is 44.9 Å². The second-order valence-electron chi connectivity index (χ2n) is 7.38. The van der Waals surface area contributed by atoms with Crippen LogP contribution in [0.5, 0.6) is 0 Å². The Bertz CT molecular complexity index is 777. The highest BCUT2D eigenvalue weighted by atomic mass is 16.5. The predicted molar refractivity (Wildman–Crippen MR) is 99.1 cm³/mol. The Labute approximate surface area is 158 Å². The third-order valence-electron chi connectivity index (χ3n) is 5.57. The van der Waals surface area contributed by atoms with Crippen LogP contribution in [0.2, 0.25) is 0 Å². The highest BCUT2D eigenvalue weighted by molar-refractivity contribution is 5.94. The Kier molecular flexibility index (Phi) is 4.98. The zero-order valence-corrected chi connectivity index (χ0v) is 15.5. The Balaban J connectivity index is 1.38. The van der Waals surface area contributed by atoms with Crippen molar-refractivity contribution in [2.24, 2.45) is 5.41 Å². The second kappa shape index (κ2) is 7.56. The minimum absolute atomic E-state index is 0.00812. The van der Waals surface area contributed by atoms with E-state index in [1.165, 1.54) is 6.33 Å². The fourth-order valence-corrected chi connectivity index (χ4v) is 3.84. The van der Waals surface area contributed by atoms with Gasteiger partial charge in [-0.05, 0) is 37.7 Å². The lowest BCUT2D eigenvalue weighted by Crippen LogP contribution is -2.35. The number of carbonyl (C=O) groups is 1. The predicted octanol–water partition coefficient (Wildman–Crippen LogP) is 2.08. The summed E-state index contributed by atoms with van der Waals surface area (Å²) in [6, 6.07) is 1.79. The third kappa shape index (κ3) is 3.90. The number of hydrogen-bond donors (Lipinski definition) is 1. The monoisotopic (exact) mass is 368 g/mol. The molecule has 2 aromatic rings. The van der Waals surface area contributed by atoms with Crippen LogP contribution in [-0.4, -0.2) is 57.0 Å². The molecule has 8 nitrogen and oxygen atoms in total. The molecule has 2 fully saturated rings. The minimum Gasteiger partial charge on any atom is -0.381 e. The van der Waals surface area contributed by atoms with Crippen molar-refractivity contribution < 1.29 is 9.53 Å². The average molecular weight is 368 g/mol. The summed E-state index contributed by atoms with van der Waals surface area (Å²) in [7, 11) is 0. The minimum atomic E-state index is -0.0542. The second-order valence-corrected chi connectivity index (χ2v) is 7.38. The van der Waals surface area contributed by atoms with Crippen LogP contribution in [0.1, 0.15) is 48.3 Å². The molecule has 0 bridgehead atoms. The van der Waals surface area contributed by atoms with Gasteiger partial charge in [-0.15, -0.1) is 0 Å². The largest absolute Gasteiger partial charge is 0.381 e. The summed E-state index contributed by atoms with van der Waals surface area (Å²) in [6.07, 6.45) is 9.54. The first kappa shape index (κ1) is 17.8. The van der Waals surface area contributed by atoms with Gasteiger partial charge >= 0.3 is 0 Å². The van der Waals surface area contributed by atoms with Crippen LogP contribution in [0.25, 0.3) is 0 Å². The lowest BCUT2D eigenvalue weighted by molar-refractivity contribution is 0.0191. The summed E-state index contributed by atoms with van der Waals surface area (Å²) in [5.41, 5.74) is 1.62. The van der Waals surface area contributed by atoms with Crippen molar-refractivity contribution >= 4 is 11.9 Å². The van der Waals surface area contributed by atoms with E-state index in [1.54, 1.807) is 18.6 Å². The maximum Gasteiger partial charge on any atom is 0.257 e. The van der Waals surface area contributed by atoms with Gasteiger partial charge in [0.15, 0.2) is 0 Å². The van der Waals surface area contributed by atoms with E-state index in [1.807, 2.05) is 17.9 Å². The molecule has 4 heterocycles. The molecule has 0 aliphatic carbocycles. The van der Waals surface area contributed by atoms with E-state index >= 15 is 0 Å². The van der Waals surface area contributed by atoms with E-state index in [4.69, 9.17) is 4.74 Å². The molecule has 27 heavy (non-hydrogen) atoms. The molecule has 142 valence electrons. The first-order valence-electron chi connectivity index (χ1n) is 9.37. The zero-order valence-electron chi connectivity index (χ0n) is 15.5. The summed E-state index contributed by atoms with van der Waals surface area (Å²) >= 11 is 0. The lowest BCUT2D eigenvalue weighted by Gasteiger charge is -2.33. The Morgan fingerprint density at radius 3 is 2.70 bits per heavy atom. The zero-order chi connectivity index (χ0) is 18.7. The number of carbonyl (C=O) groups excluding carboxylic acids is 1. The van der Waals surface area contributed by atoms with Crippen LogP contribution in [-0.2, 0) is 4.74 Å². The van der Waals surface area contributed by atoms with Gasteiger partial charge in [-0.1, -0.05) is 0 Å². The van der Waals surface area contributed by atoms with E-state index in [9.17, 15) is 4.79 Å². The van der Waals surface area contributed by atoms with Crippen molar-refractivity contribution in [1.82, 2.24) is 24.8 Å². The number of anilines is 1. The molecule has 1 atom stereocenters. The lowest BCUT2D eigenvalue weighted by atomic mass is 9.80. The maximum absolute atomic E-state index is 12.8. The number of rotatable bonds is 4. The van der Waals surface area contributed by atoms with Crippen molar-refractivity contribution in [3.05, 3.63) is 42.2 Å². The highest BCUT2D eigenvalue weighted by Gasteiger charge is 2.41. The SMILES string of the molecule is C[C@H](Nc1ncc(C(=O)N2CCC3(CCOCC3)C2)cn1)c1ccncn1. The molecule has 0 aromatic carbocycles. The Hall–Kier alpha value is -2.61. The van der Waals surface area contributed by atoms with Crippen LogP contribution >= 0.6 is 0 Å². The number of nitrogens with zero attached hydrogens (tertiary/aromatic N) is 5. The van der Waals surface area contributed by atoms with E-state index in [2.05, 4.69) is 25.3 Å². The number of nitrogens with one attached hydrogen (secondary N) is 1. The quantitative estimate of drug-likeness (QED) is 0.883. The molecule has 1 N–H and O–H groups in total. The van der Waals surface area contributed by atoms with Crippen LogP contribution in [0.4, 0.5) is 5.95 Å². The summed E-state index contributed by atoms with van der Waals surface area (Å²) in [4.78, 5) is 31.5. The fraction of sp³-hybridized carbons (Fsp3) is 0.526. The molecule has 0 unspecified atom stereocenters.